The summed E-state index contributed by atoms with van der Waals surface area (Å²) in [6.07, 6.45) is 3.38. The number of benzene rings is 1. The number of hydrogen-bond donors (Lipinski definition) is 0. The van der Waals surface area contributed by atoms with Gasteiger partial charge in [-0.15, -0.1) is 6.42 Å². The Kier molecular flexibility index (Phi) is 2.18. The lowest BCUT2D eigenvalue weighted by Crippen LogP contribution is -2.31. The van der Waals surface area contributed by atoms with Gasteiger partial charge in [-0.2, -0.15) is 0 Å². The van der Waals surface area contributed by atoms with Gasteiger partial charge >= 0.3 is 0 Å². The van der Waals surface area contributed by atoms with Gasteiger partial charge in [0, 0.05) is 12.9 Å². The molecule has 0 saturated carbocycles. The SMILES string of the molecule is [2H]C([2H])(c1ccccc1)[C@@H](C)N(CC#C)C([2H])([2H])[2H]. The first kappa shape index (κ1) is 5.58. The van der Waals surface area contributed by atoms with E-state index in [2.05, 4.69) is 5.92 Å². The molecule has 0 amide bonds. The van der Waals surface area contributed by atoms with Gasteiger partial charge in [-0.25, -0.2) is 0 Å². The minimum atomic E-state index is -2.42. The van der Waals surface area contributed by atoms with Crippen LogP contribution in [0.15, 0.2) is 30.3 Å². The van der Waals surface area contributed by atoms with E-state index in [1.807, 2.05) is 0 Å². The summed E-state index contributed by atoms with van der Waals surface area (Å²) < 4.78 is 38.7. The van der Waals surface area contributed by atoms with E-state index in [1.54, 1.807) is 30.3 Å². The Hall–Kier alpha value is -1.26. The molecule has 0 aliphatic rings. The van der Waals surface area contributed by atoms with Crippen LogP contribution in [-0.2, 0) is 6.37 Å². The molecule has 1 aromatic carbocycles. The Labute approximate surface area is 93.8 Å². The Balaban J connectivity index is 3.09. The first-order valence-corrected chi connectivity index (χ1v) is 4.47. The first-order chi connectivity index (χ1) is 8.71. The van der Waals surface area contributed by atoms with Crippen molar-refractivity contribution in [3.63, 3.8) is 0 Å². The van der Waals surface area contributed by atoms with Crippen LogP contribution < -0.4 is 0 Å². The molecule has 0 spiro atoms. The number of nitrogens with zero attached hydrogens (tertiary/aromatic N) is 1. The van der Waals surface area contributed by atoms with E-state index in [9.17, 15) is 0 Å². The predicted molar refractivity (Wildman–Crippen MR) is 61.1 cm³/mol. The molecule has 1 atom stereocenters. The standard InChI is InChI=1S/C13H17N/c1-4-10-14(3)12(2)11-13-8-6-5-7-9-13/h1,5-9,12H,10-11H2,2-3H3/t12-/m1/s1/i3D3,11D2. The van der Waals surface area contributed by atoms with Crippen molar-refractivity contribution in [2.45, 2.75) is 19.3 Å². The molecule has 0 aliphatic heterocycles. The molecular weight excluding hydrogens is 170 g/mol. The van der Waals surface area contributed by atoms with Crippen LogP contribution in [0.2, 0.25) is 0 Å². The fraction of sp³-hybridized carbons (Fsp3) is 0.385. The lowest BCUT2D eigenvalue weighted by molar-refractivity contribution is 0.287. The highest BCUT2D eigenvalue weighted by Crippen LogP contribution is 2.06. The lowest BCUT2D eigenvalue weighted by Gasteiger charge is -2.22. The highest BCUT2D eigenvalue weighted by molar-refractivity contribution is 5.15. The van der Waals surface area contributed by atoms with E-state index in [-0.39, 0.29) is 6.54 Å². The summed E-state index contributed by atoms with van der Waals surface area (Å²) in [5.74, 6) is 2.28. The molecule has 1 heteroatoms. The summed E-state index contributed by atoms with van der Waals surface area (Å²) in [7, 11) is 0. The average Bonchev–Trinajstić information content (AvgIpc) is 2.34. The van der Waals surface area contributed by atoms with Crippen molar-refractivity contribution in [2.24, 2.45) is 0 Å². The van der Waals surface area contributed by atoms with Gasteiger partial charge in [0.2, 0.25) is 0 Å². The fourth-order valence-corrected chi connectivity index (χ4v) is 1.09. The predicted octanol–water partition coefficient (Wildman–Crippen LogP) is 2.18. The summed E-state index contributed by atoms with van der Waals surface area (Å²) in [4.78, 5) is 1.03. The van der Waals surface area contributed by atoms with Crippen LogP contribution >= 0.6 is 0 Å². The van der Waals surface area contributed by atoms with E-state index >= 15 is 0 Å². The van der Waals surface area contributed by atoms with Gasteiger partial charge < -0.3 is 0 Å². The Bertz CT molecular complexity index is 446. The molecule has 0 unspecified atom stereocenters. The number of rotatable bonds is 4. The second kappa shape index (κ2) is 5.47. The zero-order valence-electron chi connectivity index (χ0n) is 13.2. The Morgan fingerprint density at radius 2 is 2.29 bits per heavy atom. The third kappa shape index (κ3) is 3.24. The van der Waals surface area contributed by atoms with Crippen molar-refractivity contribution >= 4 is 0 Å². The van der Waals surface area contributed by atoms with Gasteiger partial charge in [0.25, 0.3) is 0 Å². The zero-order valence-corrected chi connectivity index (χ0v) is 8.20. The Morgan fingerprint density at radius 1 is 1.57 bits per heavy atom. The normalized spacial score (nSPS) is 19.6. The van der Waals surface area contributed by atoms with E-state index in [0.29, 0.717) is 5.56 Å². The summed E-state index contributed by atoms with van der Waals surface area (Å²) in [6, 6.07) is 7.65. The van der Waals surface area contributed by atoms with Gasteiger partial charge in [-0.05, 0) is 25.8 Å². The van der Waals surface area contributed by atoms with Gasteiger partial charge in [0.1, 0.15) is 0 Å². The van der Waals surface area contributed by atoms with E-state index in [0.717, 1.165) is 4.90 Å². The van der Waals surface area contributed by atoms with Crippen molar-refractivity contribution in [3.8, 4) is 12.3 Å². The van der Waals surface area contributed by atoms with Gasteiger partial charge in [-0.3, -0.25) is 4.90 Å². The summed E-state index contributed by atoms with van der Waals surface area (Å²) in [5.41, 5.74) is 0.439. The minimum absolute atomic E-state index is 0.121. The van der Waals surface area contributed by atoms with Crippen molar-refractivity contribution in [2.75, 3.05) is 13.5 Å². The van der Waals surface area contributed by atoms with E-state index in [1.165, 1.54) is 6.92 Å². The minimum Gasteiger partial charge on any atom is -0.292 e. The fourth-order valence-electron chi connectivity index (χ4n) is 1.09. The second-order valence-corrected chi connectivity index (χ2v) is 3.02. The molecule has 0 aromatic heterocycles. The van der Waals surface area contributed by atoms with Crippen LogP contribution in [-0.4, -0.2) is 24.5 Å². The second-order valence-electron chi connectivity index (χ2n) is 3.02. The van der Waals surface area contributed by atoms with Crippen LogP contribution in [0, 0.1) is 12.3 Å². The van der Waals surface area contributed by atoms with Gasteiger partial charge in [-0.1, -0.05) is 36.3 Å². The topological polar surface area (TPSA) is 3.24 Å². The van der Waals surface area contributed by atoms with E-state index in [4.69, 9.17) is 13.3 Å². The van der Waals surface area contributed by atoms with Crippen LogP contribution in [0.25, 0.3) is 0 Å². The maximum Gasteiger partial charge on any atom is 0.0598 e. The number of likely N-dealkylation sites (N-methyl/N-ethyl adjacent to an activating group) is 1. The van der Waals surface area contributed by atoms with Crippen molar-refractivity contribution in [1.82, 2.24) is 4.90 Å². The summed E-state index contributed by atoms with van der Waals surface area (Å²) in [6.45, 7) is -1.01. The molecule has 0 radical (unpaired) electrons. The quantitative estimate of drug-likeness (QED) is 0.661. The van der Waals surface area contributed by atoms with Gasteiger partial charge in [0.15, 0.2) is 0 Å². The summed E-state index contributed by atoms with van der Waals surface area (Å²) >= 11 is 0. The average molecular weight is 192 g/mol. The molecule has 1 nitrogen and oxygen atoms in total. The van der Waals surface area contributed by atoms with Gasteiger partial charge in [0.05, 0.1) is 6.54 Å². The van der Waals surface area contributed by atoms with E-state index < -0.39 is 19.4 Å². The van der Waals surface area contributed by atoms with Crippen LogP contribution in [0.1, 0.15) is 19.3 Å². The Morgan fingerprint density at radius 3 is 2.86 bits per heavy atom. The first-order valence-electron chi connectivity index (χ1n) is 6.97. The maximum absolute atomic E-state index is 8.17. The van der Waals surface area contributed by atoms with Crippen LogP contribution in [0.4, 0.5) is 0 Å². The molecule has 0 N–H and O–H groups in total. The molecule has 0 heterocycles. The molecule has 1 rings (SSSR count). The molecule has 0 aliphatic carbocycles. The number of terminal acetylenes is 1. The molecule has 0 saturated heterocycles. The molecule has 74 valence electrons. The monoisotopic (exact) mass is 192 g/mol. The third-order valence-corrected chi connectivity index (χ3v) is 1.88. The third-order valence-electron chi connectivity index (χ3n) is 1.88. The maximum atomic E-state index is 8.17. The lowest BCUT2D eigenvalue weighted by atomic mass is 10.1. The van der Waals surface area contributed by atoms with Crippen molar-refractivity contribution < 1.29 is 6.85 Å². The summed E-state index contributed by atoms with van der Waals surface area (Å²) in [5, 5.41) is 0. The molecule has 0 fully saturated rings. The van der Waals surface area contributed by atoms with Crippen molar-refractivity contribution in [1.29, 1.82) is 0 Å². The largest absolute Gasteiger partial charge is 0.292 e. The smallest absolute Gasteiger partial charge is 0.0598 e. The molecule has 0 bridgehead atoms. The number of hydrogen-bond acceptors (Lipinski definition) is 1. The highest BCUT2D eigenvalue weighted by atomic mass is 15.1. The highest BCUT2D eigenvalue weighted by Gasteiger charge is 2.07. The van der Waals surface area contributed by atoms with Crippen LogP contribution in [0.3, 0.4) is 0 Å². The molecule has 1 aromatic rings. The molecular formula is C13H17N. The zero-order chi connectivity index (χ0) is 14.7. The van der Waals surface area contributed by atoms with Crippen LogP contribution in [0.5, 0.6) is 0 Å². The van der Waals surface area contributed by atoms with Crippen molar-refractivity contribution in [3.05, 3.63) is 35.9 Å². The molecule has 14 heavy (non-hydrogen) atoms.